The third-order valence-electron chi connectivity index (χ3n) is 2.68. The van der Waals surface area contributed by atoms with E-state index in [9.17, 15) is 4.79 Å². The van der Waals surface area contributed by atoms with Crippen LogP contribution in [0.1, 0.15) is 29.9 Å². The molecule has 21 heavy (non-hydrogen) atoms. The van der Waals surface area contributed by atoms with Gasteiger partial charge >= 0.3 is 5.97 Å². The van der Waals surface area contributed by atoms with E-state index in [1.54, 1.807) is 0 Å². The molecule has 0 amide bonds. The lowest BCUT2D eigenvalue weighted by Crippen LogP contribution is -2.08. The van der Waals surface area contributed by atoms with E-state index in [4.69, 9.17) is 15.2 Å². The molecule has 0 aliphatic heterocycles. The van der Waals surface area contributed by atoms with Gasteiger partial charge in [-0.05, 0) is 18.6 Å². The molecule has 0 bridgehead atoms. The Labute approximate surface area is 134 Å². The average molecular weight is 332 g/mol. The summed E-state index contributed by atoms with van der Waals surface area (Å²) in [7, 11) is 1.36. The molecule has 0 unspecified atom stereocenters. The van der Waals surface area contributed by atoms with Crippen LogP contribution in [0.2, 0.25) is 0 Å². The molecule has 0 aliphatic carbocycles. The topological polar surface area (TPSA) is 73.6 Å². The number of esters is 1. The molecule has 3 N–H and O–H groups in total. The van der Waals surface area contributed by atoms with Gasteiger partial charge in [-0.2, -0.15) is 0 Å². The molecule has 1 aromatic rings. The van der Waals surface area contributed by atoms with Crippen molar-refractivity contribution in [1.82, 2.24) is 0 Å². The summed E-state index contributed by atoms with van der Waals surface area (Å²) in [5.74, 6) is 0.168. The van der Waals surface area contributed by atoms with Gasteiger partial charge < -0.3 is 20.5 Å². The third kappa shape index (κ3) is 5.41. The number of thiophene rings is 1. The monoisotopic (exact) mass is 332 g/mol. The van der Waals surface area contributed by atoms with E-state index in [0.29, 0.717) is 16.5 Å². The average Bonchev–Trinajstić information content (AvgIpc) is 2.77. The standard InChI is InChI=1S/C14H24N2O3S2/c1-9(2)8-19-7-5-6-16-13-11(20-4)10(15)12(21-13)14(17)18-3/h9,16H,5-8,15H2,1-4H3. The Kier molecular flexibility index (Phi) is 7.92. The van der Waals surface area contributed by atoms with Gasteiger partial charge in [0.05, 0.1) is 17.7 Å². The maximum absolute atomic E-state index is 11.6. The van der Waals surface area contributed by atoms with Crippen LogP contribution in [0.25, 0.3) is 0 Å². The summed E-state index contributed by atoms with van der Waals surface area (Å²) in [5.41, 5.74) is 6.50. The lowest BCUT2D eigenvalue weighted by molar-refractivity contribution is 0.0607. The van der Waals surface area contributed by atoms with Crippen LogP contribution in [-0.2, 0) is 9.47 Å². The molecule has 1 aromatic heterocycles. The zero-order valence-electron chi connectivity index (χ0n) is 13.0. The molecule has 1 heterocycles. The number of hydrogen-bond acceptors (Lipinski definition) is 7. The van der Waals surface area contributed by atoms with Crippen molar-refractivity contribution in [3.8, 4) is 0 Å². The quantitative estimate of drug-likeness (QED) is 0.410. The Morgan fingerprint density at radius 3 is 2.76 bits per heavy atom. The molecular formula is C14H24N2O3S2. The number of hydrogen-bond donors (Lipinski definition) is 2. The van der Waals surface area contributed by atoms with Gasteiger partial charge in [0, 0.05) is 19.8 Å². The van der Waals surface area contributed by atoms with Crippen molar-refractivity contribution in [2.75, 3.05) is 44.2 Å². The molecule has 0 aromatic carbocycles. The number of carbonyl (C=O) groups is 1. The molecule has 0 saturated carbocycles. The lowest BCUT2D eigenvalue weighted by atomic mass is 10.2. The molecule has 0 aliphatic rings. The molecule has 0 radical (unpaired) electrons. The van der Waals surface area contributed by atoms with Crippen molar-refractivity contribution in [3.05, 3.63) is 4.88 Å². The normalized spacial score (nSPS) is 10.9. The molecule has 7 heteroatoms. The predicted molar refractivity (Wildman–Crippen MR) is 90.6 cm³/mol. The fourth-order valence-corrected chi connectivity index (χ4v) is 3.67. The molecule has 0 saturated heterocycles. The Hall–Kier alpha value is -0.920. The Balaban J connectivity index is 2.53. The van der Waals surface area contributed by atoms with E-state index in [-0.39, 0.29) is 5.97 Å². The highest BCUT2D eigenvalue weighted by molar-refractivity contribution is 7.99. The second kappa shape index (κ2) is 9.17. The molecule has 1 rings (SSSR count). The van der Waals surface area contributed by atoms with Gasteiger partial charge in [-0.1, -0.05) is 13.8 Å². The highest BCUT2D eigenvalue weighted by Crippen LogP contribution is 2.41. The fourth-order valence-electron chi connectivity index (χ4n) is 1.69. The van der Waals surface area contributed by atoms with Crippen LogP contribution < -0.4 is 11.1 Å². The number of nitrogens with two attached hydrogens (primary N) is 1. The number of nitrogen functional groups attached to an aromatic ring is 1. The van der Waals surface area contributed by atoms with Gasteiger partial charge in [0.25, 0.3) is 0 Å². The Morgan fingerprint density at radius 2 is 2.19 bits per heavy atom. The summed E-state index contributed by atoms with van der Waals surface area (Å²) >= 11 is 2.87. The molecule has 120 valence electrons. The number of anilines is 2. The highest BCUT2D eigenvalue weighted by atomic mass is 32.2. The van der Waals surface area contributed by atoms with Gasteiger partial charge in [-0.15, -0.1) is 23.1 Å². The predicted octanol–water partition coefficient (Wildman–Crippen LogP) is 3.31. The maximum atomic E-state index is 11.6. The number of rotatable bonds is 9. The van der Waals surface area contributed by atoms with Crippen LogP contribution in [0.3, 0.4) is 0 Å². The van der Waals surface area contributed by atoms with E-state index >= 15 is 0 Å². The van der Waals surface area contributed by atoms with E-state index in [0.717, 1.165) is 36.1 Å². The number of ether oxygens (including phenoxy) is 2. The van der Waals surface area contributed by atoms with Gasteiger partial charge in [0.15, 0.2) is 0 Å². The van der Waals surface area contributed by atoms with Gasteiger partial charge in [0.1, 0.15) is 9.88 Å². The fraction of sp³-hybridized carbons (Fsp3) is 0.643. The number of methoxy groups -OCH3 is 1. The second-order valence-corrected chi connectivity index (χ2v) is 6.79. The number of thioether (sulfide) groups is 1. The van der Waals surface area contributed by atoms with Crippen molar-refractivity contribution >= 4 is 39.8 Å². The maximum Gasteiger partial charge on any atom is 0.350 e. The first-order valence-corrected chi connectivity index (χ1v) is 8.91. The van der Waals surface area contributed by atoms with Crippen LogP contribution in [0, 0.1) is 5.92 Å². The lowest BCUT2D eigenvalue weighted by Gasteiger charge is -2.08. The van der Waals surface area contributed by atoms with Crippen LogP contribution in [0.5, 0.6) is 0 Å². The Bertz CT molecular complexity index is 461. The minimum atomic E-state index is -0.388. The number of nitrogens with one attached hydrogen (secondary N) is 1. The van der Waals surface area contributed by atoms with Crippen LogP contribution >= 0.6 is 23.1 Å². The zero-order valence-corrected chi connectivity index (χ0v) is 14.7. The smallest absolute Gasteiger partial charge is 0.350 e. The summed E-state index contributed by atoms with van der Waals surface area (Å²) in [4.78, 5) is 13.0. The van der Waals surface area contributed by atoms with Crippen LogP contribution in [-0.4, -0.2) is 39.1 Å². The summed E-state index contributed by atoms with van der Waals surface area (Å²) in [6, 6.07) is 0. The molecular weight excluding hydrogens is 308 g/mol. The zero-order chi connectivity index (χ0) is 15.8. The minimum Gasteiger partial charge on any atom is -0.465 e. The van der Waals surface area contributed by atoms with Crippen molar-refractivity contribution in [3.63, 3.8) is 0 Å². The van der Waals surface area contributed by atoms with E-state index in [1.807, 2.05) is 6.26 Å². The van der Waals surface area contributed by atoms with Gasteiger partial charge in [0.2, 0.25) is 0 Å². The van der Waals surface area contributed by atoms with Crippen molar-refractivity contribution in [2.45, 2.75) is 25.2 Å². The van der Waals surface area contributed by atoms with Crippen molar-refractivity contribution < 1.29 is 14.3 Å². The first-order chi connectivity index (χ1) is 10.0. The summed E-state index contributed by atoms with van der Waals surface area (Å²) in [6.07, 6.45) is 2.85. The molecule has 0 spiro atoms. The van der Waals surface area contributed by atoms with Crippen LogP contribution in [0.4, 0.5) is 10.7 Å². The molecule has 0 atom stereocenters. The molecule has 0 fully saturated rings. The first kappa shape index (κ1) is 18.1. The summed E-state index contributed by atoms with van der Waals surface area (Å²) in [5, 5.41) is 4.24. The summed E-state index contributed by atoms with van der Waals surface area (Å²) in [6.45, 7) is 6.56. The van der Waals surface area contributed by atoms with Crippen molar-refractivity contribution in [2.24, 2.45) is 5.92 Å². The number of carbonyl (C=O) groups excluding carboxylic acids is 1. The van der Waals surface area contributed by atoms with E-state index in [1.165, 1.54) is 30.2 Å². The highest BCUT2D eigenvalue weighted by Gasteiger charge is 2.20. The van der Waals surface area contributed by atoms with E-state index < -0.39 is 0 Å². The minimum absolute atomic E-state index is 0.388. The SMILES string of the molecule is COC(=O)c1sc(NCCCOCC(C)C)c(SC)c1N. The summed E-state index contributed by atoms with van der Waals surface area (Å²) < 4.78 is 10.3. The Morgan fingerprint density at radius 1 is 1.48 bits per heavy atom. The molecule has 5 nitrogen and oxygen atoms in total. The van der Waals surface area contributed by atoms with Gasteiger partial charge in [-0.25, -0.2) is 4.79 Å². The third-order valence-corrected chi connectivity index (χ3v) is 4.78. The van der Waals surface area contributed by atoms with Gasteiger partial charge in [-0.3, -0.25) is 0 Å². The van der Waals surface area contributed by atoms with E-state index in [2.05, 4.69) is 19.2 Å². The largest absolute Gasteiger partial charge is 0.465 e. The first-order valence-electron chi connectivity index (χ1n) is 6.87. The second-order valence-electron chi connectivity index (χ2n) is 4.95. The van der Waals surface area contributed by atoms with Crippen molar-refractivity contribution in [1.29, 1.82) is 0 Å². The van der Waals surface area contributed by atoms with Crippen LogP contribution in [0.15, 0.2) is 4.90 Å².